The van der Waals surface area contributed by atoms with Gasteiger partial charge in [-0.3, -0.25) is 13.9 Å². The second kappa shape index (κ2) is 12.9. The number of hydrogen-bond acceptors (Lipinski definition) is 4. The fourth-order valence-corrected chi connectivity index (χ4v) is 5.37. The highest BCUT2D eigenvalue weighted by Gasteiger charge is 2.33. The zero-order valence-electron chi connectivity index (χ0n) is 21.5. The van der Waals surface area contributed by atoms with Crippen LogP contribution in [0.5, 0.6) is 0 Å². The standard InChI is InChI=1S/C28H31ClFN3O4S/c1-20(2)17-31-28(35)21(3)32(18-22-11-7-8-14-24(22)29)27(34)19-33(26-16-10-9-15-25(26)30)38(36,37)23-12-5-4-6-13-23/h4-16,20-21H,17-19H2,1-3H3,(H,31,35)/t21-/m1/s1. The Morgan fingerprint density at radius 1 is 0.921 bits per heavy atom. The van der Waals surface area contributed by atoms with Crippen molar-refractivity contribution in [2.45, 2.75) is 38.3 Å². The van der Waals surface area contributed by atoms with E-state index in [2.05, 4.69) is 5.32 Å². The maximum atomic E-state index is 14.9. The number of carbonyl (C=O) groups excluding carboxylic acids is 2. The normalized spacial score (nSPS) is 12.2. The number of para-hydroxylation sites is 1. The monoisotopic (exact) mass is 559 g/mol. The molecule has 2 amide bonds. The predicted octanol–water partition coefficient (Wildman–Crippen LogP) is 4.86. The van der Waals surface area contributed by atoms with Gasteiger partial charge in [-0.05, 0) is 48.7 Å². The fraction of sp³-hybridized carbons (Fsp3) is 0.286. The number of carbonyl (C=O) groups is 2. The van der Waals surface area contributed by atoms with Crippen LogP contribution in [0, 0.1) is 11.7 Å². The molecule has 3 aromatic carbocycles. The van der Waals surface area contributed by atoms with Gasteiger partial charge in [0.2, 0.25) is 11.8 Å². The first kappa shape index (κ1) is 29.1. The van der Waals surface area contributed by atoms with E-state index in [1.807, 2.05) is 13.8 Å². The molecule has 0 radical (unpaired) electrons. The zero-order chi connectivity index (χ0) is 27.9. The number of benzene rings is 3. The van der Waals surface area contributed by atoms with Gasteiger partial charge in [-0.25, -0.2) is 12.8 Å². The molecule has 38 heavy (non-hydrogen) atoms. The lowest BCUT2D eigenvalue weighted by Gasteiger charge is -2.32. The molecule has 1 N–H and O–H groups in total. The Balaban J connectivity index is 2.02. The van der Waals surface area contributed by atoms with Gasteiger partial charge in [-0.2, -0.15) is 0 Å². The van der Waals surface area contributed by atoms with Gasteiger partial charge in [-0.1, -0.05) is 74.0 Å². The van der Waals surface area contributed by atoms with Gasteiger partial charge in [0, 0.05) is 18.1 Å². The molecule has 0 spiro atoms. The van der Waals surface area contributed by atoms with Crippen LogP contribution < -0.4 is 9.62 Å². The first-order valence-electron chi connectivity index (χ1n) is 12.1. The summed E-state index contributed by atoms with van der Waals surface area (Å²) in [5.74, 6) is -1.71. The summed E-state index contributed by atoms with van der Waals surface area (Å²) in [7, 11) is -4.33. The number of halogens is 2. The SMILES string of the molecule is CC(C)CNC(=O)[C@@H](C)N(Cc1ccccc1Cl)C(=O)CN(c1ccccc1F)S(=O)(=O)c1ccccc1. The molecule has 3 aromatic rings. The molecule has 0 heterocycles. The van der Waals surface area contributed by atoms with Crippen molar-refractivity contribution in [3.05, 3.63) is 95.3 Å². The van der Waals surface area contributed by atoms with Crippen LogP contribution in [0.2, 0.25) is 5.02 Å². The largest absolute Gasteiger partial charge is 0.354 e. The minimum atomic E-state index is -4.33. The van der Waals surface area contributed by atoms with Crippen molar-refractivity contribution in [3.63, 3.8) is 0 Å². The topological polar surface area (TPSA) is 86.8 Å². The van der Waals surface area contributed by atoms with Gasteiger partial charge in [0.05, 0.1) is 10.6 Å². The second-order valence-electron chi connectivity index (χ2n) is 9.20. The number of nitrogens with zero attached hydrogens (tertiary/aromatic N) is 2. The Bertz CT molecular complexity index is 1370. The van der Waals surface area contributed by atoms with E-state index in [9.17, 15) is 22.4 Å². The zero-order valence-corrected chi connectivity index (χ0v) is 23.0. The van der Waals surface area contributed by atoms with Crippen LogP contribution in [-0.2, 0) is 26.2 Å². The molecule has 10 heteroatoms. The minimum absolute atomic E-state index is 0.0503. The van der Waals surface area contributed by atoms with Gasteiger partial charge in [0.25, 0.3) is 10.0 Å². The number of sulfonamides is 1. The van der Waals surface area contributed by atoms with Gasteiger partial charge >= 0.3 is 0 Å². The maximum absolute atomic E-state index is 14.9. The highest BCUT2D eigenvalue weighted by Crippen LogP contribution is 2.27. The molecule has 1 atom stereocenters. The van der Waals surface area contributed by atoms with E-state index >= 15 is 0 Å². The van der Waals surface area contributed by atoms with Crippen molar-refractivity contribution in [1.29, 1.82) is 0 Å². The molecular formula is C28H31ClFN3O4S. The first-order chi connectivity index (χ1) is 18.0. The number of hydrogen-bond donors (Lipinski definition) is 1. The van der Waals surface area contributed by atoms with Gasteiger partial charge in [-0.15, -0.1) is 0 Å². The molecule has 0 aliphatic rings. The Labute approximate surface area is 228 Å². The molecule has 0 fully saturated rings. The number of nitrogens with one attached hydrogen (secondary N) is 1. The maximum Gasteiger partial charge on any atom is 0.264 e. The summed E-state index contributed by atoms with van der Waals surface area (Å²) in [6.07, 6.45) is 0. The average Bonchev–Trinajstić information content (AvgIpc) is 2.90. The second-order valence-corrected chi connectivity index (χ2v) is 11.5. The van der Waals surface area contributed by atoms with Crippen molar-refractivity contribution in [1.82, 2.24) is 10.2 Å². The molecular weight excluding hydrogens is 529 g/mol. The van der Waals surface area contributed by atoms with Crippen molar-refractivity contribution in [2.24, 2.45) is 5.92 Å². The molecule has 0 saturated heterocycles. The van der Waals surface area contributed by atoms with Crippen LogP contribution >= 0.6 is 11.6 Å². The summed E-state index contributed by atoms with van der Waals surface area (Å²) in [6.45, 7) is 5.07. The highest BCUT2D eigenvalue weighted by atomic mass is 35.5. The predicted molar refractivity (Wildman–Crippen MR) is 147 cm³/mol. The molecule has 0 aliphatic carbocycles. The summed E-state index contributed by atoms with van der Waals surface area (Å²) in [6, 6.07) is 18.7. The summed E-state index contributed by atoms with van der Waals surface area (Å²) in [5, 5.41) is 3.20. The third-order valence-electron chi connectivity index (χ3n) is 5.88. The molecule has 0 unspecified atom stereocenters. The van der Waals surface area contributed by atoms with E-state index in [-0.39, 0.29) is 23.0 Å². The summed E-state index contributed by atoms with van der Waals surface area (Å²) < 4.78 is 42.9. The van der Waals surface area contributed by atoms with E-state index in [1.165, 1.54) is 35.2 Å². The smallest absolute Gasteiger partial charge is 0.264 e. The lowest BCUT2D eigenvalue weighted by atomic mass is 10.1. The van der Waals surface area contributed by atoms with E-state index < -0.39 is 40.2 Å². The quantitative estimate of drug-likeness (QED) is 0.363. The van der Waals surface area contributed by atoms with E-state index in [4.69, 9.17) is 11.6 Å². The van der Waals surface area contributed by atoms with Crippen molar-refractivity contribution in [2.75, 3.05) is 17.4 Å². The van der Waals surface area contributed by atoms with Gasteiger partial charge in [0.1, 0.15) is 18.4 Å². The number of rotatable bonds is 11. The molecule has 0 aliphatic heterocycles. The average molecular weight is 560 g/mol. The Morgan fingerprint density at radius 2 is 1.53 bits per heavy atom. The Hall–Kier alpha value is -3.43. The Morgan fingerprint density at radius 3 is 2.16 bits per heavy atom. The van der Waals surface area contributed by atoms with E-state index in [0.717, 1.165) is 10.4 Å². The van der Waals surface area contributed by atoms with Crippen LogP contribution in [0.1, 0.15) is 26.3 Å². The van der Waals surface area contributed by atoms with Gasteiger partial charge in [0.15, 0.2) is 0 Å². The molecule has 0 saturated carbocycles. The molecule has 7 nitrogen and oxygen atoms in total. The fourth-order valence-electron chi connectivity index (χ4n) is 3.73. The molecule has 202 valence electrons. The summed E-state index contributed by atoms with van der Waals surface area (Å²) in [5.41, 5.74) is 0.300. The highest BCUT2D eigenvalue weighted by molar-refractivity contribution is 7.92. The summed E-state index contributed by atoms with van der Waals surface area (Å²) >= 11 is 6.34. The molecule has 3 rings (SSSR count). The van der Waals surface area contributed by atoms with Crippen LogP contribution in [-0.4, -0.2) is 44.3 Å². The van der Waals surface area contributed by atoms with Crippen LogP contribution in [0.3, 0.4) is 0 Å². The minimum Gasteiger partial charge on any atom is -0.354 e. The van der Waals surface area contributed by atoms with Crippen molar-refractivity contribution < 1.29 is 22.4 Å². The van der Waals surface area contributed by atoms with Gasteiger partial charge < -0.3 is 10.2 Å². The lowest BCUT2D eigenvalue weighted by molar-refractivity contribution is -0.139. The van der Waals surface area contributed by atoms with Crippen molar-refractivity contribution >= 4 is 39.1 Å². The van der Waals surface area contributed by atoms with Crippen LogP contribution in [0.15, 0.2) is 83.8 Å². The van der Waals surface area contributed by atoms with Crippen LogP contribution in [0.4, 0.5) is 10.1 Å². The third kappa shape index (κ3) is 7.11. The lowest BCUT2D eigenvalue weighted by Crippen LogP contribution is -2.51. The van der Waals surface area contributed by atoms with Crippen molar-refractivity contribution in [3.8, 4) is 0 Å². The first-order valence-corrected chi connectivity index (χ1v) is 14.0. The summed E-state index contributed by atoms with van der Waals surface area (Å²) in [4.78, 5) is 27.9. The van der Waals surface area contributed by atoms with E-state index in [1.54, 1.807) is 49.4 Å². The molecule has 0 aromatic heterocycles. The number of anilines is 1. The van der Waals surface area contributed by atoms with Crippen LogP contribution in [0.25, 0.3) is 0 Å². The van der Waals surface area contributed by atoms with E-state index in [0.29, 0.717) is 17.1 Å². The number of amides is 2. The Kier molecular flexibility index (Phi) is 9.88. The third-order valence-corrected chi connectivity index (χ3v) is 8.02. The molecule has 0 bridgehead atoms.